The van der Waals surface area contributed by atoms with Crippen LogP contribution >= 0.6 is 15.9 Å². The fourth-order valence-electron chi connectivity index (χ4n) is 1.52. The fourth-order valence-corrected chi connectivity index (χ4v) is 1.90. The van der Waals surface area contributed by atoms with E-state index in [2.05, 4.69) is 65.5 Å². The molecule has 1 aromatic heterocycles. The maximum absolute atomic E-state index is 4.57. The molecule has 0 fully saturated rings. The van der Waals surface area contributed by atoms with Crippen LogP contribution in [0.15, 0.2) is 10.7 Å². The predicted molar refractivity (Wildman–Crippen MR) is 71.9 cm³/mol. The summed E-state index contributed by atoms with van der Waals surface area (Å²) in [5.41, 5.74) is 0. The van der Waals surface area contributed by atoms with E-state index < -0.39 is 0 Å². The summed E-state index contributed by atoms with van der Waals surface area (Å²) in [6.45, 7) is 9.62. The van der Waals surface area contributed by atoms with Gasteiger partial charge in [0.25, 0.3) is 0 Å². The third-order valence-corrected chi connectivity index (χ3v) is 2.65. The number of rotatable bonds is 4. The molecule has 0 amide bonds. The van der Waals surface area contributed by atoms with Crippen molar-refractivity contribution in [3.05, 3.63) is 16.5 Å². The lowest BCUT2D eigenvalue weighted by molar-refractivity contribution is 0.631. The first kappa shape index (κ1) is 13.4. The SMILES string of the molecule is CC(C)CN(C)c1cc(Br)nc(C(C)C)n1. The topological polar surface area (TPSA) is 29.0 Å². The number of hydrogen-bond acceptors (Lipinski definition) is 3. The maximum Gasteiger partial charge on any atom is 0.134 e. The Bertz CT molecular complexity index is 350. The van der Waals surface area contributed by atoms with Gasteiger partial charge in [-0.2, -0.15) is 0 Å². The Labute approximate surface area is 106 Å². The Morgan fingerprint density at radius 2 is 1.88 bits per heavy atom. The minimum atomic E-state index is 0.351. The van der Waals surface area contributed by atoms with Gasteiger partial charge in [-0.1, -0.05) is 27.7 Å². The molecule has 1 aromatic rings. The maximum atomic E-state index is 4.57. The second-order valence-electron chi connectivity index (χ2n) is 4.84. The lowest BCUT2D eigenvalue weighted by Gasteiger charge is -2.21. The van der Waals surface area contributed by atoms with Gasteiger partial charge in [0.15, 0.2) is 0 Å². The molecule has 4 heteroatoms. The predicted octanol–water partition coefficient (Wildman–Crippen LogP) is 3.45. The third kappa shape index (κ3) is 3.74. The molecule has 1 heterocycles. The van der Waals surface area contributed by atoms with Crippen LogP contribution in [0, 0.1) is 5.92 Å². The molecule has 3 nitrogen and oxygen atoms in total. The summed E-state index contributed by atoms with van der Waals surface area (Å²) < 4.78 is 0.858. The zero-order chi connectivity index (χ0) is 12.3. The van der Waals surface area contributed by atoms with Crippen molar-refractivity contribution in [3.8, 4) is 0 Å². The van der Waals surface area contributed by atoms with Crippen molar-refractivity contribution in [3.63, 3.8) is 0 Å². The van der Waals surface area contributed by atoms with Crippen LogP contribution in [-0.4, -0.2) is 23.6 Å². The molecule has 0 bridgehead atoms. The average molecular weight is 286 g/mol. The molecular weight excluding hydrogens is 266 g/mol. The van der Waals surface area contributed by atoms with Gasteiger partial charge >= 0.3 is 0 Å². The van der Waals surface area contributed by atoms with E-state index in [1.807, 2.05) is 6.07 Å². The van der Waals surface area contributed by atoms with Crippen LogP contribution in [0.5, 0.6) is 0 Å². The van der Waals surface area contributed by atoms with Gasteiger partial charge in [-0.25, -0.2) is 9.97 Å². The molecular formula is C12H20BrN3. The number of anilines is 1. The molecule has 0 saturated heterocycles. The Hall–Kier alpha value is -0.640. The smallest absolute Gasteiger partial charge is 0.134 e. The Kier molecular flexibility index (Phi) is 4.71. The van der Waals surface area contributed by atoms with Crippen molar-refractivity contribution in [2.24, 2.45) is 5.92 Å². The van der Waals surface area contributed by atoms with Gasteiger partial charge < -0.3 is 4.90 Å². The molecule has 1 rings (SSSR count). The fraction of sp³-hybridized carbons (Fsp3) is 0.667. The summed E-state index contributed by atoms with van der Waals surface area (Å²) >= 11 is 3.44. The van der Waals surface area contributed by atoms with E-state index >= 15 is 0 Å². The second kappa shape index (κ2) is 5.62. The van der Waals surface area contributed by atoms with Gasteiger partial charge in [0.2, 0.25) is 0 Å². The van der Waals surface area contributed by atoms with Crippen LogP contribution in [-0.2, 0) is 0 Å². The highest BCUT2D eigenvalue weighted by Gasteiger charge is 2.10. The van der Waals surface area contributed by atoms with Gasteiger partial charge in [-0.3, -0.25) is 0 Å². The van der Waals surface area contributed by atoms with E-state index in [0.29, 0.717) is 11.8 Å². The molecule has 0 aliphatic carbocycles. The molecule has 0 aliphatic heterocycles. The van der Waals surface area contributed by atoms with Crippen molar-refractivity contribution in [2.45, 2.75) is 33.6 Å². The first-order chi connectivity index (χ1) is 7.40. The summed E-state index contributed by atoms with van der Waals surface area (Å²) in [6.07, 6.45) is 0. The standard InChI is InChI=1S/C12H20BrN3/c1-8(2)7-16(5)11-6-10(13)14-12(15-11)9(3)4/h6,8-9H,7H2,1-5H3. The number of halogens is 1. The van der Waals surface area contributed by atoms with E-state index in [1.165, 1.54) is 0 Å². The Balaban J connectivity index is 2.95. The second-order valence-corrected chi connectivity index (χ2v) is 5.65. The molecule has 0 N–H and O–H groups in total. The molecule has 0 aromatic carbocycles. The van der Waals surface area contributed by atoms with E-state index in [0.717, 1.165) is 22.8 Å². The van der Waals surface area contributed by atoms with Gasteiger partial charge in [0.05, 0.1) is 0 Å². The highest BCUT2D eigenvalue weighted by Crippen LogP contribution is 2.20. The zero-order valence-electron chi connectivity index (χ0n) is 10.7. The minimum Gasteiger partial charge on any atom is -0.359 e. The van der Waals surface area contributed by atoms with Crippen LogP contribution in [0.4, 0.5) is 5.82 Å². The molecule has 0 saturated carbocycles. The molecule has 0 aliphatic rings. The van der Waals surface area contributed by atoms with E-state index in [9.17, 15) is 0 Å². The van der Waals surface area contributed by atoms with Crippen molar-refractivity contribution < 1.29 is 0 Å². The van der Waals surface area contributed by atoms with Gasteiger partial charge in [0, 0.05) is 25.6 Å². The molecule has 0 spiro atoms. The number of hydrogen-bond donors (Lipinski definition) is 0. The highest BCUT2D eigenvalue weighted by molar-refractivity contribution is 9.10. The molecule has 16 heavy (non-hydrogen) atoms. The number of aromatic nitrogens is 2. The molecule has 0 unspecified atom stereocenters. The summed E-state index contributed by atoms with van der Waals surface area (Å²) in [5, 5.41) is 0. The zero-order valence-corrected chi connectivity index (χ0v) is 12.2. The number of nitrogens with zero attached hydrogens (tertiary/aromatic N) is 3. The van der Waals surface area contributed by atoms with Gasteiger partial charge in [-0.15, -0.1) is 0 Å². The summed E-state index contributed by atoms with van der Waals surface area (Å²) in [6, 6.07) is 1.97. The van der Waals surface area contributed by atoms with E-state index in [4.69, 9.17) is 0 Å². The average Bonchev–Trinajstić information content (AvgIpc) is 2.15. The monoisotopic (exact) mass is 285 g/mol. The molecule has 0 radical (unpaired) electrons. The van der Waals surface area contributed by atoms with Gasteiger partial charge in [-0.05, 0) is 21.8 Å². The van der Waals surface area contributed by atoms with E-state index in [-0.39, 0.29) is 0 Å². The summed E-state index contributed by atoms with van der Waals surface area (Å²) in [4.78, 5) is 11.1. The lowest BCUT2D eigenvalue weighted by atomic mass is 10.2. The highest BCUT2D eigenvalue weighted by atomic mass is 79.9. The van der Waals surface area contributed by atoms with Crippen LogP contribution in [0.1, 0.15) is 39.4 Å². The summed E-state index contributed by atoms with van der Waals surface area (Å²) in [5.74, 6) is 2.85. The van der Waals surface area contributed by atoms with E-state index in [1.54, 1.807) is 0 Å². The first-order valence-corrected chi connectivity index (χ1v) is 6.45. The molecule has 0 atom stereocenters. The van der Waals surface area contributed by atoms with Crippen LogP contribution < -0.4 is 4.90 Å². The van der Waals surface area contributed by atoms with Crippen molar-refractivity contribution in [1.29, 1.82) is 0 Å². The first-order valence-electron chi connectivity index (χ1n) is 5.65. The largest absolute Gasteiger partial charge is 0.359 e. The van der Waals surface area contributed by atoms with Crippen molar-refractivity contribution >= 4 is 21.7 Å². The molecule has 90 valence electrons. The Morgan fingerprint density at radius 1 is 1.25 bits per heavy atom. The van der Waals surface area contributed by atoms with Crippen molar-refractivity contribution in [1.82, 2.24) is 9.97 Å². The van der Waals surface area contributed by atoms with Crippen LogP contribution in [0.25, 0.3) is 0 Å². The normalized spacial score (nSPS) is 11.2. The third-order valence-electron chi connectivity index (χ3n) is 2.25. The lowest BCUT2D eigenvalue weighted by Crippen LogP contribution is -2.24. The minimum absolute atomic E-state index is 0.351. The van der Waals surface area contributed by atoms with Crippen LogP contribution in [0.3, 0.4) is 0 Å². The summed E-state index contributed by atoms with van der Waals surface area (Å²) in [7, 11) is 2.07. The Morgan fingerprint density at radius 3 is 2.38 bits per heavy atom. The van der Waals surface area contributed by atoms with Crippen molar-refractivity contribution in [2.75, 3.05) is 18.5 Å². The quantitative estimate of drug-likeness (QED) is 0.794. The van der Waals surface area contributed by atoms with Gasteiger partial charge in [0.1, 0.15) is 16.2 Å². The van der Waals surface area contributed by atoms with Crippen LogP contribution in [0.2, 0.25) is 0 Å².